The second kappa shape index (κ2) is 6.88. The molecule has 5 nitrogen and oxygen atoms in total. The van der Waals surface area contributed by atoms with Crippen LogP contribution >= 0.6 is 0 Å². The lowest BCUT2D eigenvalue weighted by Crippen LogP contribution is -2.46. The SMILES string of the molecule is CCCC[C@H](C)CN1CC(c2nc(C(=O)OC)co2)C1. The zero-order chi connectivity index (χ0) is 14.5. The number of aromatic nitrogens is 1. The fourth-order valence-corrected chi connectivity index (χ4v) is 2.63. The number of oxazole rings is 1. The maximum atomic E-state index is 11.3. The van der Waals surface area contributed by atoms with Crippen molar-refractivity contribution in [3.8, 4) is 0 Å². The zero-order valence-electron chi connectivity index (χ0n) is 12.6. The van der Waals surface area contributed by atoms with Gasteiger partial charge in [0.1, 0.15) is 6.26 Å². The van der Waals surface area contributed by atoms with Gasteiger partial charge >= 0.3 is 5.97 Å². The Morgan fingerprint density at radius 1 is 1.60 bits per heavy atom. The second-order valence-corrected chi connectivity index (χ2v) is 5.73. The van der Waals surface area contributed by atoms with Gasteiger partial charge in [-0.1, -0.05) is 26.7 Å². The molecular weight excluding hydrogens is 256 g/mol. The van der Waals surface area contributed by atoms with Gasteiger partial charge in [-0.25, -0.2) is 9.78 Å². The topological polar surface area (TPSA) is 55.6 Å². The first kappa shape index (κ1) is 15.0. The van der Waals surface area contributed by atoms with Crippen molar-refractivity contribution in [1.82, 2.24) is 9.88 Å². The summed E-state index contributed by atoms with van der Waals surface area (Å²) < 4.78 is 9.99. The van der Waals surface area contributed by atoms with Gasteiger partial charge in [-0.05, 0) is 12.3 Å². The maximum Gasteiger partial charge on any atom is 0.360 e. The molecule has 2 heterocycles. The van der Waals surface area contributed by atoms with E-state index >= 15 is 0 Å². The molecule has 5 heteroatoms. The first-order valence-corrected chi connectivity index (χ1v) is 7.40. The molecule has 1 saturated heterocycles. The lowest BCUT2D eigenvalue weighted by atomic mass is 9.96. The molecule has 0 spiro atoms. The van der Waals surface area contributed by atoms with Crippen molar-refractivity contribution in [1.29, 1.82) is 0 Å². The van der Waals surface area contributed by atoms with E-state index in [0.717, 1.165) is 25.6 Å². The van der Waals surface area contributed by atoms with Gasteiger partial charge in [0.05, 0.1) is 13.0 Å². The molecule has 0 N–H and O–H groups in total. The van der Waals surface area contributed by atoms with Crippen molar-refractivity contribution in [2.24, 2.45) is 5.92 Å². The Balaban J connectivity index is 1.75. The average Bonchev–Trinajstić information content (AvgIpc) is 2.88. The smallest absolute Gasteiger partial charge is 0.360 e. The molecule has 1 aromatic rings. The van der Waals surface area contributed by atoms with E-state index in [1.807, 2.05) is 0 Å². The van der Waals surface area contributed by atoms with Gasteiger partial charge in [-0.3, -0.25) is 0 Å². The van der Waals surface area contributed by atoms with Gasteiger partial charge in [0.15, 0.2) is 5.69 Å². The van der Waals surface area contributed by atoms with Gasteiger partial charge < -0.3 is 14.1 Å². The Morgan fingerprint density at radius 3 is 3.00 bits per heavy atom. The van der Waals surface area contributed by atoms with Crippen LogP contribution in [-0.2, 0) is 4.74 Å². The Kier molecular flexibility index (Phi) is 5.17. The molecule has 0 aliphatic carbocycles. The van der Waals surface area contributed by atoms with Gasteiger partial charge in [-0.2, -0.15) is 0 Å². The highest BCUT2D eigenvalue weighted by Crippen LogP contribution is 2.27. The predicted molar refractivity (Wildman–Crippen MR) is 75.7 cm³/mol. The van der Waals surface area contributed by atoms with Crippen molar-refractivity contribution in [2.75, 3.05) is 26.7 Å². The summed E-state index contributed by atoms with van der Waals surface area (Å²) in [6, 6.07) is 0. The predicted octanol–water partition coefficient (Wildman–Crippen LogP) is 2.69. The molecule has 0 saturated carbocycles. The molecule has 1 fully saturated rings. The third kappa shape index (κ3) is 3.60. The molecule has 1 atom stereocenters. The van der Waals surface area contributed by atoms with Crippen LogP contribution in [0.3, 0.4) is 0 Å². The minimum absolute atomic E-state index is 0.261. The van der Waals surface area contributed by atoms with Gasteiger partial charge in [0.25, 0.3) is 0 Å². The van der Waals surface area contributed by atoms with Crippen LogP contribution < -0.4 is 0 Å². The van der Waals surface area contributed by atoms with Crippen LogP contribution in [0.2, 0.25) is 0 Å². The summed E-state index contributed by atoms with van der Waals surface area (Å²) in [4.78, 5) is 17.9. The normalized spacial score (nSPS) is 17.8. The third-order valence-corrected chi connectivity index (χ3v) is 3.84. The number of rotatable bonds is 7. The Hall–Kier alpha value is -1.36. The standard InChI is InChI=1S/C15H24N2O3/c1-4-5-6-11(2)7-17-8-12(9-17)14-16-13(10-20-14)15(18)19-3/h10-12H,4-9H2,1-3H3/t11-/m0/s1. The highest BCUT2D eigenvalue weighted by atomic mass is 16.5. The fourth-order valence-electron chi connectivity index (χ4n) is 2.63. The van der Waals surface area contributed by atoms with Gasteiger partial charge in [0, 0.05) is 19.6 Å². The van der Waals surface area contributed by atoms with E-state index in [0.29, 0.717) is 11.8 Å². The number of ether oxygens (including phenoxy) is 1. The molecule has 0 bridgehead atoms. The average molecular weight is 280 g/mol. The van der Waals surface area contributed by atoms with E-state index < -0.39 is 5.97 Å². The maximum absolute atomic E-state index is 11.3. The monoisotopic (exact) mass is 280 g/mol. The summed E-state index contributed by atoms with van der Waals surface area (Å²) in [6.07, 6.45) is 5.25. The summed E-state index contributed by atoms with van der Waals surface area (Å²) in [6.45, 7) is 7.62. The van der Waals surface area contributed by atoms with Crippen LogP contribution in [0.25, 0.3) is 0 Å². The van der Waals surface area contributed by atoms with Crippen LogP contribution in [-0.4, -0.2) is 42.6 Å². The number of carbonyl (C=O) groups is 1. The van der Waals surface area contributed by atoms with Crippen molar-refractivity contribution >= 4 is 5.97 Å². The van der Waals surface area contributed by atoms with E-state index in [1.165, 1.54) is 32.6 Å². The summed E-state index contributed by atoms with van der Waals surface area (Å²) in [5.41, 5.74) is 0.261. The van der Waals surface area contributed by atoms with Gasteiger partial charge in [-0.15, -0.1) is 0 Å². The van der Waals surface area contributed by atoms with Crippen LogP contribution in [0, 0.1) is 5.92 Å². The minimum atomic E-state index is -0.440. The second-order valence-electron chi connectivity index (χ2n) is 5.73. The zero-order valence-corrected chi connectivity index (χ0v) is 12.6. The minimum Gasteiger partial charge on any atom is -0.464 e. The van der Waals surface area contributed by atoms with Crippen molar-refractivity contribution in [3.63, 3.8) is 0 Å². The number of hydrogen-bond donors (Lipinski definition) is 0. The van der Waals surface area contributed by atoms with Crippen molar-refractivity contribution < 1.29 is 13.9 Å². The number of hydrogen-bond acceptors (Lipinski definition) is 5. The summed E-state index contributed by atoms with van der Waals surface area (Å²) >= 11 is 0. The molecule has 1 aromatic heterocycles. The lowest BCUT2D eigenvalue weighted by Gasteiger charge is -2.39. The number of esters is 1. The lowest BCUT2D eigenvalue weighted by molar-refractivity contribution is 0.0593. The van der Waals surface area contributed by atoms with Crippen LogP contribution in [0.4, 0.5) is 0 Å². The van der Waals surface area contributed by atoms with E-state index in [-0.39, 0.29) is 5.69 Å². The number of carbonyl (C=O) groups excluding carboxylic acids is 1. The quantitative estimate of drug-likeness (QED) is 0.719. The summed E-state index contributed by atoms with van der Waals surface area (Å²) in [5.74, 6) is 1.27. The molecule has 0 unspecified atom stereocenters. The molecule has 0 radical (unpaired) electrons. The van der Waals surface area contributed by atoms with Crippen LogP contribution in [0.1, 0.15) is 55.4 Å². The summed E-state index contributed by atoms with van der Waals surface area (Å²) in [7, 11) is 1.35. The van der Waals surface area contributed by atoms with E-state index in [4.69, 9.17) is 4.42 Å². The highest BCUT2D eigenvalue weighted by Gasteiger charge is 2.32. The number of methoxy groups -OCH3 is 1. The van der Waals surface area contributed by atoms with E-state index in [1.54, 1.807) is 0 Å². The third-order valence-electron chi connectivity index (χ3n) is 3.84. The van der Waals surface area contributed by atoms with Crippen LogP contribution in [0.15, 0.2) is 10.7 Å². The first-order valence-electron chi connectivity index (χ1n) is 7.40. The molecule has 20 heavy (non-hydrogen) atoms. The van der Waals surface area contributed by atoms with Crippen molar-refractivity contribution in [3.05, 3.63) is 17.8 Å². The Labute approximate surface area is 120 Å². The van der Waals surface area contributed by atoms with Crippen LogP contribution in [0.5, 0.6) is 0 Å². The van der Waals surface area contributed by atoms with Gasteiger partial charge in [0.2, 0.25) is 5.89 Å². The number of likely N-dealkylation sites (tertiary alicyclic amines) is 1. The summed E-state index contributed by atoms with van der Waals surface area (Å²) in [5, 5.41) is 0. The molecule has 0 amide bonds. The molecular formula is C15H24N2O3. The Morgan fingerprint density at radius 2 is 2.35 bits per heavy atom. The van der Waals surface area contributed by atoms with Crippen molar-refractivity contribution in [2.45, 2.75) is 39.0 Å². The number of unbranched alkanes of at least 4 members (excludes halogenated alkanes) is 1. The van der Waals surface area contributed by atoms with E-state index in [9.17, 15) is 4.79 Å². The molecule has 0 aromatic carbocycles. The molecule has 1 aliphatic heterocycles. The first-order chi connectivity index (χ1) is 9.63. The Bertz CT molecular complexity index is 438. The molecule has 1 aliphatic rings. The highest BCUT2D eigenvalue weighted by molar-refractivity contribution is 5.86. The van der Waals surface area contributed by atoms with E-state index in [2.05, 4.69) is 28.5 Å². The molecule has 2 rings (SSSR count). The molecule has 112 valence electrons. The fraction of sp³-hybridized carbons (Fsp3) is 0.733. The number of nitrogens with zero attached hydrogens (tertiary/aromatic N) is 2. The largest absolute Gasteiger partial charge is 0.464 e.